The van der Waals surface area contributed by atoms with E-state index < -0.39 is 0 Å². The zero-order valence-electron chi connectivity index (χ0n) is 9.24. The van der Waals surface area contributed by atoms with E-state index in [1.807, 2.05) is 13.8 Å². The number of carbonyl (C=O) groups excluding carboxylic acids is 1. The second kappa shape index (κ2) is 6.84. The Labute approximate surface area is 89.6 Å². The largest absolute Gasteiger partial charge is 0.504 e. The number of hydrogen-bond donors (Lipinski definition) is 3. The van der Waals surface area contributed by atoms with Gasteiger partial charge in [-0.05, 0) is 25.2 Å². The van der Waals surface area contributed by atoms with E-state index in [0.717, 1.165) is 0 Å². The van der Waals surface area contributed by atoms with Crippen LogP contribution in [0.1, 0.15) is 24.2 Å². The predicted molar refractivity (Wildman–Crippen MR) is 59.4 cm³/mol. The van der Waals surface area contributed by atoms with Gasteiger partial charge in [-0.1, -0.05) is 13.8 Å². The van der Waals surface area contributed by atoms with Crippen LogP contribution >= 0.6 is 0 Å². The highest BCUT2D eigenvalue weighted by molar-refractivity contribution is 5.98. The summed E-state index contributed by atoms with van der Waals surface area (Å²) in [5.74, 6) is -0.624. The van der Waals surface area contributed by atoms with E-state index in [0.29, 0.717) is 5.56 Å². The molecule has 0 bridgehead atoms. The number of likely N-dealkylation sites (N-methyl/N-ethyl adjacent to an activating group) is 1. The number of aromatic hydroxyl groups is 2. The molecule has 0 aliphatic heterocycles. The zero-order valence-corrected chi connectivity index (χ0v) is 9.24. The quantitative estimate of drug-likeness (QED) is 0.524. The summed E-state index contributed by atoms with van der Waals surface area (Å²) in [4.78, 5) is 11.3. The van der Waals surface area contributed by atoms with Crippen LogP contribution in [0.4, 0.5) is 0 Å². The van der Waals surface area contributed by atoms with Crippen molar-refractivity contribution in [3.05, 3.63) is 23.8 Å². The topological polar surface area (TPSA) is 69.6 Å². The molecule has 0 atom stereocenters. The maximum atomic E-state index is 11.3. The average molecular weight is 211 g/mol. The standard InChI is InChI=1S/C9H11NO3.C2H6/c1-10-5-9(13)6-2-3-7(11)8(12)4-6;1-2/h2-4,10-12H,5H2,1H3;1-2H3. The van der Waals surface area contributed by atoms with E-state index in [1.54, 1.807) is 7.05 Å². The smallest absolute Gasteiger partial charge is 0.176 e. The number of phenolic OH excluding ortho intramolecular Hbond substituents is 2. The van der Waals surface area contributed by atoms with Crippen molar-refractivity contribution in [2.75, 3.05) is 13.6 Å². The van der Waals surface area contributed by atoms with E-state index in [-0.39, 0.29) is 23.8 Å². The maximum absolute atomic E-state index is 11.3. The van der Waals surface area contributed by atoms with Gasteiger partial charge in [0.05, 0.1) is 6.54 Å². The van der Waals surface area contributed by atoms with Crippen molar-refractivity contribution in [3.63, 3.8) is 0 Å². The molecule has 0 aromatic heterocycles. The molecule has 15 heavy (non-hydrogen) atoms. The molecule has 1 aromatic carbocycles. The summed E-state index contributed by atoms with van der Waals surface area (Å²) in [6, 6.07) is 4.00. The first-order valence-corrected chi connectivity index (χ1v) is 4.85. The van der Waals surface area contributed by atoms with Crippen molar-refractivity contribution >= 4 is 5.78 Å². The Hall–Kier alpha value is -1.55. The minimum absolute atomic E-state index is 0.127. The third-order valence-corrected chi connectivity index (χ3v) is 1.63. The molecule has 0 unspecified atom stereocenters. The summed E-state index contributed by atoms with van der Waals surface area (Å²) in [5, 5.41) is 20.8. The number of ketones is 1. The van der Waals surface area contributed by atoms with Crippen molar-refractivity contribution in [2.24, 2.45) is 0 Å². The lowest BCUT2D eigenvalue weighted by molar-refractivity contribution is 0.0993. The minimum atomic E-state index is -0.276. The van der Waals surface area contributed by atoms with Crippen molar-refractivity contribution in [1.82, 2.24) is 5.32 Å². The van der Waals surface area contributed by atoms with E-state index in [1.165, 1.54) is 18.2 Å². The number of nitrogens with one attached hydrogen (secondary N) is 1. The van der Waals surface area contributed by atoms with Crippen molar-refractivity contribution in [1.29, 1.82) is 0 Å². The van der Waals surface area contributed by atoms with Gasteiger partial charge in [0.15, 0.2) is 17.3 Å². The molecule has 4 heteroatoms. The van der Waals surface area contributed by atoms with Gasteiger partial charge in [-0.15, -0.1) is 0 Å². The zero-order chi connectivity index (χ0) is 11.8. The van der Waals surface area contributed by atoms with Gasteiger partial charge in [-0.2, -0.15) is 0 Å². The highest BCUT2D eigenvalue weighted by atomic mass is 16.3. The third kappa shape index (κ3) is 3.99. The molecule has 4 nitrogen and oxygen atoms in total. The Kier molecular flexibility index (Phi) is 6.13. The molecule has 0 amide bonds. The van der Waals surface area contributed by atoms with Crippen LogP contribution in [0, 0.1) is 0 Å². The minimum Gasteiger partial charge on any atom is -0.504 e. The van der Waals surface area contributed by atoms with Crippen LogP contribution in [-0.2, 0) is 0 Å². The summed E-state index contributed by atoms with van der Waals surface area (Å²) in [6.07, 6.45) is 0. The fourth-order valence-electron chi connectivity index (χ4n) is 0.960. The molecule has 0 aliphatic carbocycles. The maximum Gasteiger partial charge on any atom is 0.176 e. The Morgan fingerprint density at radius 2 is 1.87 bits per heavy atom. The molecule has 1 rings (SSSR count). The van der Waals surface area contributed by atoms with Crippen molar-refractivity contribution in [3.8, 4) is 11.5 Å². The number of Topliss-reactive ketones (excluding diaryl/α,β-unsaturated/α-hetero) is 1. The van der Waals surface area contributed by atoms with Gasteiger partial charge in [0.2, 0.25) is 0 Å². The van der Waals surface area contributed by atoms with Gasteiger partial charge in [-0.3, -0.25) is 4.79 Å². The van der Waals surface area contributed by atoms with Crippen LogP contribution in [0.15, 0.2) is 18.2 Å². The molecule has 0 heterocycles. The SMILES string of the molecule is CC.CNCC(=O)c1ccc(O)c(O)c1. The van der Waals surface area contributed by atoms with Crippen LogP contribution in [0.2, 0.25) is 0 Å². The molecule has 84 valence electrons. The summed E-state index contributed by atoms with van der Waals surface area (Å²) in [5.41, 5.74) is 0.379. The number of rotatable bonds is 3. The first kappa shape index (κ1) is 13.4. The molecule has 0 radical (unpaired) electrons. The lowest BCUT2D eigenvalue weighted by Gasteiger charge is -2.01. The lowest BCUT2D eigenvalue weighted by atomic mass is 10.1. The van der Waals surface area contributed by atoms with E-state index in [9.17, 15) is 4.79 Å². The predicted octanol–water partition coefficient (Wildman–Crippen LogP) is 1.53. The summed E-state index contributed by atoms with van der Waals surface area (Å²) in [7, 11) is 1.66. The molecular weight excluding hydrogens is 194 g/mol. The first-order valence-electron chi connectivity index (χ1n) is 4.85. The van der Waals surface area contributed by atoms with Gasteiger partial charge >= 0.3 is 0 Å². The first-order chi connectivity index (χ1) is 7.15. The molecule has 0 aliphatic rings. The van der Waals surface area contributed by atoms with Crippen LogP contribution in [0.25, 0.3) is 0 Å². The normalized spacial score (nSPS) is 9.00. The number of benzene rings is 1. The van der Waals surface area contributed by atoms with Gasteiger partial charge in [-0.25, -0.2) is 0 Å². The monoisotopic (exact) mass is 211 g/mol. The molecule has 1 aromatic rings. The summed E-state index contributed by atoms with van der Waals surface area (Å²) >= 11 is 0. The van der Waals surface area contributed by atoms with E-state index >= 15 is 0 Å². The summed E-state index contributed by atoms with van der Waals surface area (Å²) in [6.45, 7) is 4.21. The Morgan fingerprint density at radius 3 is 2.33 bits per heavy atom. The molecule has 0 fully saturated rings. The molecule has 0 spiro atoms. The Bertz CT molecular complexity index is 324. The Morgan fingerprint density at radius 1 is 1.27 bits per heavy atom. The number of hydrogen-bond acceptors (Lipinski definition) is 4. The summed E-state index contributed by atoms with van der Waals surface area (Å²) < 4.78 is 0. The van der Waals surface area contributed by atoms with Gasteiger partial charge in [0, 0.05) is 5.56 Å². The Balaban J connectivity index is 0.000000921. The third-order valence-electron chi connectivity index (χ3n) is 1.63. The van der Waals surface area contributed by atoms with Crippen LogP contribution < -0.4 is 5.32 Å². The highest BCUT2D eigenvalue weighted by Gasteiger charge is 2.07. The molecular formula is C11H17NO3. The molecule has 3 N–H and O–H groups in total. The van der Waals surface area contributed by atoms with Gasteiger partial charge < -0.3 is 15.5 Å². The molecule has 0 saturated heterocycles. The van der Waals surface area contributed by atoms with Crippen LogP contribution in [0.5, 0.6) is 11.5 Å². The number of phenols is 2. The molecule has 0 saturated carbocycles. The van der Waals surface area contributed by atoms with Crippen LogP contribution in [-0.4, -0.2) is 29.6 Å². The van der Waals surface area contributed by atoms with E-state index in [4.69, 9.17) is 10.2 Å². The second-order valence-corrected chi connectivity index (χ2v) is 2.66. The van der Waals surface area contributed by atoms with Gasteiger partial charge in [0.25, 0.3) is 0 Å². The average Bonchev–Trinajstić information content (AvgIpc) is 2.25. The van der Waals surface area contributed by atoms with E-state index in [2.05, 4.69) is 5.32 Å². The van der Waals surface area contributed by atoms with Gasteiger partial charge in [0.1, 0.15) is 0 Å². The fraction of sp³-hybridized carbons (Fsp3) is 0.364. The second-order valence-electron chi connectivity index (χ2n) is 2.66. The lowest BCUT2D eigenvalue weighted by Crippen LogP contribution is -2.18. The van der Waals surface area contributed by atoms with Crippen LogP contribution in [0.3, 0.4) is 0 Å². The number of carbonyl (C=O) groups is 1. The van der Waals surface area contributed by atoms with Crippen molar-refractivity contribution < 1.29 is 15.0 Å². The van der Waals surface area contributed by atoms with Crippen molar-refractivity contribution in [2.45, 2.75) is 13.8 Å². The highest BCUT2D eigenvalue weighted by Crippen LogP contribution is 2.24. The fourth-order valence-corrected chi connectivity index (χ4v) is 0.960.